The number of esters is 1. The molecule has 0 aromatic rings. The number of halogens is 2. The van der Waals surface area contributed by atoms with Gasteiger partial charge in [0.05, 0.1) is 13.5 Å². The topological polar surface area (TPSA) is 102 Å². The minimum Gasteiger partial charge on any atom is -0.469 e. The molecule has 0 saturated heterocycles. The lowest BCUT2D eigenvalue weighted by Crippen LogP contribution is -2.51. The lowest BCUT2D eigenvalue weighted by molar-refractivity contribution is -0.141. The number of hydrogen-bond acceptors (Lipinski definition) is 7. The highest BCUT2D eigenvalue weighted by molar-refractivity contribution is 14.1. The zero-order valence-electron chi connectivity index (χ0n) is 12.0. The van der Waals surface area contributed by atoms with Crippen molar-refractivity contribution < 1.29 is 23.9 Å². The number of rotatable bonds is 8. The van der Waals surface area contributed by atoms with Gasteiger partial charge in [-0.1, -0.05) is 11.8 Å². The molecule has 1 aliphatic rings. The third-order valence-electron chi connectivity index (χ3n) is 3.35. The summed E-state index contributed by atoms with van der Waals surface area (Å²) in [7, 11) is 1.30. The van der Waals surface area contributed by atoms with Gasteiger partial charge < -0.3 is 10.1 Å². The van der Waals surface area contributed by atoms with E-state index in [-0.39, 0.29) is 38.9 Å². The fourth-order valence-corrected chi connectivity index (χ4v) is 4.17. The zero-order chi connectivity index (χ0) is 16.9. The summed E-state index contributed by atoms with van der Waals surface area (Å²) in [5, 5.41) is 2.54. The molecule has 1 fully saturated rings. The molecule has 124 valence electrons. The molecule has 0 bridgehead atoms. The molecular weight excluding hydrogens is 538 g/mol. The fourth-order valence-electron chi connectivity index (χ4n) is 1.95. The van der Waals surface area contributed by atoms with Gasteiger partial charge in [-0.3, -0.25) is 19.2 Å². The third kappa shape index (κ3) is 5.30. The molecule has 22 heavy (non-hydrogen) atoms. The van der Waals surface area contributed by atoms with E-state index in [4.69, 9.17) is 0 Å². The Morgan fingerprint density at radius 2 is 2.05 bits per heavy atom. The van der Waals surface area contributed by atoms with E-state index >= 15 is 0 Å². The highest BCUT2D eigenvalue weighted by atomic mass is 127. The minimum atomic E-state index is -0.861. The molecule has 1 aliphatic carbocycles. The summed E-state index contributed by atoms with van der Waals surface area (Å²) in [4.78, 5) is 46.3. The fraction of sp³-hybridized carbons (Fsp3) is 0.667. The van der Waals surface area contributed by atoms with E-state index in [9.17, 15) is 19.2 Å². The van der Waals surface area contributed by atoms with Gasteiger partial charge in [-0.05, 0) is 12.3 Å². The Hall–Kier alpha value is 0.0500. The smallest absolute Gasteiger partial charge is 0.305 e. The third-order valence-corrected chi connectivity index (χ3v) is 5.97. The molecule has 2 N–H and O–H groups in total. The first-order chi connectivity index (χ1) is 10.3. The van der Waals surface area contributed by atoms with Crippen LogP contribution in [0.1, 0.15) is 19.8 Å². The summed E-state index contributed by atoms with van der Waals surface area (Å²) < 4.78 is 7.27. The molecule has 0 aromatic carbocycles. The van der Waals surface area contributed by atoms with E-state index in [1.54, 1.807) is 22.6 Å². The van der Waals surface area contributed by atoms with Crippen LogP contribution in [0, 0.1) is 5.92 Å². The number of hydrogen-bond donors (Lipinski definition) is 2. The van der Waals surface area contributed by atoms with Gasteiger partial charge in [0.1, 0.15) is 11.6 Å². The summed E-state index contributed by atoms with van der Waals surface area (Å²) in [6.07, 6.45) is 0.643. The van der Waals surface area contributed by atoms with Crippen molar-refractivity contribution in [1.29, 1.82) is 0 Å². The molecule has 1 amide bonds. The van der Waals surface area contributed by atoms with Gasteiger partial charge in [-0.2, -0.15) is 0 Å². The van der Waals surface area contributed by atoms with Crippen molar-refractivity contribution in [2.75, 3.05) is 12.9 Å². The lowest BCUT2D eigenvalue weighted by atomic mass is 10.1. The average molecular weight is 554 g/mol. The van der Waals surface area contributed by atoms with E-state index < -0.39 is 11.6 Å². The second-order valence-corrected chi connectivity index (χ2v) is 7.68. The first-order valence-electron chi connectivity index (χ1n) is 6.35. The average Bonchev–Trinajstić information content (AvgIpc) is 3.16. The molecule has 0 heterocycles. The Labute approximate surface area is 160 Å². The van der Waals surface area contributed by atoms with Gasteiger partial charge in [-0.25, -0.2) is 3.53 Å². The maximum Gasteiger partial charge on any atom is 0.305 e. The summed E-state index contributed by atoms with van der Waals surface area (Å²) in [5.74, 6) is -0.681. The van der Waals surface area contributed by atoms with Gasteiger partial charge in [0, 0.05) is 58.1 Å². The molecule has 1 saturated carbocycles. The molecule has 7 nitrogen and oxygen atoms in total. The number of ether oxygens (including phenoxy) is 1. The molecular formula is C12H16I2N2O5S. The summed E-state index contributed by atoms with van der Waals surface area (Å²) >= 11 is 4.46. The maximum absolute atomic E-state index is 12.4. The Kier molecular flexibility index (Phi) is 8.02. The van der Waals surface area contributed by atoms with Crippen molar-refractivity contribution in [3.05, 3.63) is 0 Å². The quantitative estimate of drug-likeness (QED) is 0.200. The van der Waals surface area contributed by atoms with Crippen LogP contribution in [-0.4, -0.2) is 45.2 Å². The number of nitrogens with one attached hydrogen (secondary N) is 2. The van der Waals surface area contributed by atoms with E-state index in [0.717, 1.165) is 11.8 Å². The summed E-state index contributed by atoms with van der Waals surface area (Å²) in [6, 6.07) is -0.733. The van der Waals surface area contributed by atoms with Crippen molar-refractivity contribution in [2.24, 2.45) is 5.92 Å². The Morgan fingerprint density at radius 3 is 2.50 bits per heavy atom. The van der Waals surface area contributed by atoms with E-state index in [1.165, 1.54) is 14.0 Å². The first kappa shape index (κ1) is 20.1. The van der Waals surface area contributed by atoms with Gasteiger partial charge >= 0.3 is 5.97 Å². The SMILES string of the molecule is COC(=O)CC1C[C@]1(NI)C(=O)N[C@@H](CSC(C)=O)C(=O)I. The van der Waals surface area contributed by atoms with E-state index in [2.05, 4.69) is 13.6 Å². The van der Waals surface area contributed by atoms with Gasteiger partial charge in [-0.15, -0.1) is 0 Å². The number of thioether (sulfide) groups is 1. The molecule has 0 aliphatic heterocycles. The van der Waals surface area contributed by atoms with Crippen molar-refractivity contribution >= 4 is 78.0 Å². The highest BCUT2D eigenvalue weighted by Crippen LogP contribution is 2.47. The molecule has 3 atom stereocenters. The van der Waals surface area contributed by atoms with Crippen LogP contribution in [0.4, 0.5) is 0 Å². The normalized spacial score (nSPS) is 24.3. The monoisotopic (exact) mass is 554 g/mol. The predicted molar refractivity (Wildman–Crippen MR) is 98.7 cm³/mol. The van der Waals surface area contributed by atoms with Gasteiger partial charge in [0.2, 0.25) is 9.70 Å². The van der Waals surface area contributed by atoms with Crippen LogP contribution in [0.5, 0.6) is 0 Å². The van der Waals surface area contributed by atoms with Gasteiger partial charge in [0.25, 0.3) is 0 Å². The van der Waals surface area contributed by atoms with E-state index in [1.807, 2.05) is 22.9 Å². The van der Waals surface area contributed by atoms with Gasteiger partial charge in [0.15, 0.2) is 5.12 Å². The van der Waals surface area contributed by atoms with Crippen LogP contribution in [0.15, 0.2) is 0 Å². The number of carbonyl (C=O) groups is 4. The molecule has 1 rings (SSSR count). The first-order valence-corrected chi connectivity index (χ1v) is 9.49. The summed E-state index contributed by atoms with van der Waals surface area (Å²) in [5.41, 5.74) is -0.861. The van der Waals surface area contributed by atoms with Crippen LogP contribution in [0.25, 0.3) is 0 Å². The second kappa shape index (κ2) is 8.78. The van der Waals surface area contributed by atoms with Crippen molar-refractivity contribution in [2.45, 2.75) is 31.3 Å². The Balaban J connectivity index is 2.66. The highest BCUT2D eigenvalue weighted by Gasteiger charge is 2.60. The molecule has 0 spiro atoms. The minimum absolute atomic E-state index is 0.117. The van der Waals surface area contributed by atoms with Crippen LogP contribution in [0.3, 0.4) is 0 Å². The molecule has 1 unspecified atom stereocenters. The predicted octanol–water partition coefficient (Wildman–Crippen LogP) is 0.974. The summed E-state index contributed by atoms with van der Waals surface area (Å²) in [6.45, 7) is 1.41. The lowest BCUT2D eigenvalue weighted by Gasteiger charge is -2.20. The van der Waals surface area contributed by atoms with Crippen LogP contribution >= 0.6 is 57.2 Å². The maximum atomic E-state index is 12.4. The number of amides is 1. The van der Waals surface area contributed by atoms with Crippen LogP contribution in [0.2, 0.25) is 0 Å². The molecule has 10 heteroatoms. The largest absolute Gasteiger partial charge is 0.469 e. The number of carbonyl (C=O) groups excluding carboxylic acids is 4. The Bertz CT molecular complexity index is 490. The van der Waals surface area contributed by atoms with Crippen LogP contribution < -0.4 is 8.85 Å². The Morgan fingerprint density at radius 1 is 1.41 bits per heavy atom. The zero-order valence-corrected chi connectivity index (χ0v) is 17.1. The molecule has 0 aromatic heterocycles. The second-order valence-electron chi connectivity index (χ2n) is 4.88. The van der Waals surface area contributed by atoms with Crippen LogP contribution in [-0.2, 0) is 23.9 Å². The van der Waals surface area contributed by atoms with Crippen molar-refractivity contribution in [3.8, 4) is 0 Å². The van der Waals surface area contributed by atoms with E-state index in [0.29, 0.717) is 6.42 Å². The molecule has 0 radical (unpaired) electrons. The van der Waals surface area contributed by atoms with Crippen molar-refractivity contribution in [1.82, 2.24) is 8.85 Å². The standard InChI is InChI=1S/C12H16I2N2O5S/c1-6(17)22-5-8(10(13)19)15-11(20)12(16-14)4-7(12)3-9(18)21-2/h7-8,16H,3-5H2,1-2H3,(H,15,20)/t7?,8-,12+/m0/s1. The number of methoxy groups -OCH3 is 1. The van der Waals surface area contributed by atoms with Crippen molar-refractivity contribution in [3.63, 3.8) is 0 Å².